The number of hydrogen-bond acceptors (Lipinski definition) is 6. The molecule has 2 N–H and O–H groups in total. The molecule has 0 bridgehead atoms. The number of nitrogens with one attached hydrogen (secondary N) is 2. The second kappa shape index (κ2) is 10.1. The predicted molar refractivity (Wildman–Crippen MR) is 141 cm³/mol. The monoisotopic (exact) mass is 558 g/mol. The number of esters is 1. The number of hydrogen-bond donors (Lipinski definition) is 2. The van der Waals surface area contributed by atoms with Crippen LogP contribution in [0.15, 0.2) is 54.7 Å². The molecule has 1 aliphatic carbocycles. The van der Waals surface area contributed by atoms with Crippen molar-refractivity contribution in [3.8, 4) is 0 Å². The fourth-order valence-corrected chi connectivity index (χ4v) is 4.91. The fourth-order valence-electron chi connectivity index (χ4n) is 4.75. The molecule has 1 aromatic heterocycles. The SMILES string of the molecule is COC(=O)c1ccc(C2(NC(=O)c3cc(Cl)cnc3N3CC(Nc4ccc(C(F)(F)F)cc4C)C3)CC2)cc1. The molecular formula is C28H26ClF3N4O3. The second-order valence-corrected chi connectivity index (χ2v) is 10.3. The van der Waals surface area contributed by atoms with Crippen molar-refractivity contribution < 1.29 is 27.5 Å². The molecule has 3 aromatic rings. The van der Waals surface area contributed by atoms with Crippen LogP contribution in [0.3, 0.4) is 0 Å². The third kappa shape index (κ3) is 5.52. The Morgan fingerprint density at radius 1 is 1.10 bits per heavy atom. The maximum Gasteiger partial charge on any atom is 0.416 e. The molecule has 0 radical (unpaired) electrons. The highest BCUT2D eigenvalue weighted by Gasteiger charge is 2.46. The van der Waals surface area contributed by atoms with E-state index in [0.29, 0.717) is 46.3 Å². The molecule has 0 unspecified atom stereocenters. The minimum Gasteiger partial charge on any atom is -0.465 e. The van der Waals surface area contributed by atoms with Gasteiger partial charge in [-0.3, -0.25) is 4.79 Å². The Hall–Kier alpha value is -3.79. The molecule has 0 atom stereocenters. The Labute approximate surface area is 228 Å². The predicted octanol–water partition coefficient (Wildman–Crippen LogP) is 5.57. The van der Waals surface area contributed by atoms with E-state index in [1.807, 2.05) is 17.0 Å². The van der Waals surface area contributed by atoms with Gasteiger partial charge in [-0.2, -0.15) is 13.2 Å². The number of ether oxygens (including phenoxy) is 1. The molecule has 5 rings (SSSR count). The van der Waals surface area contributed by atoms with E-state index in [0.717, 1.165) is 30.5 Å². The van der Waals surface area contributed by atoms with Crippen LogP contribution in [-0.2, 0) is 16.5 Å². The van der Waals surface area contributed by atoms with Gasteiger partial charge in [0.2, 0.25) is 0 Å². The molecule has 11 heteroatoms. The number of nitrogens with zero attached hydrogens (tertiary/aromatic N) is 2. The van der Waals surface area contributed by atoms with Crippen LogP contribution in [0.1, 0.15) is 50.2 Å². The molecule has 204 valence electrons. The van der Waals surface area contributed by atoms with Gasteiger partial charge in [0.1, 0.15) is 5.82 Å². The molecule has 2 fully saturated rings. The van der Waals surface area contributed by atoms with E-state index >= 15 is 0 Å². The molecule has 39 heavy (non-hydrogen) atoms. The number of carbonyl (C=O) groups excluding carboxylic acids is 2. The summed E-state index contributed by atoms with van der Waals surface area (Å²) in [6, 6.07) is 12.1. The quantitative estimate of drug-likeness (QED) is 0.369. The van der Waals surface area contributed by atoms with Gasteiger partial charge in [-0.25, -0.2) is 9.78 Å². The molecule has 1 saturated heterocycles. The van der Waals surface area contributed by atoms with Crippen molar-refractivity contribution in [3.63, 3.8) is 0 Å². The lowest BCUT2D eigenvalue weighted by Gasteiger charge is -2.42. The first kappa shape index (κ1) is 26.8. The zero-order chi connectivity index (χ0) is 27.9. The van der Waals surface area contributed by atoms with E-state index in [9.17, 15) is 22.8 Å². The minimum atomic E-state index is -4.39. The van der Waals surface area contributed by atoms with Gasteiger partial charge >= 0.3 is 12.1 Å². The first-order valence-corrected chi connectivity index (χ1v) is 12.7. The molecule has 1 saturated carbocycles. The summed E-state index contributed by atoms with van der Waals surface area (Å²) in [5.74, 6) is -0.263. The van der Waals surface area contributed by atoms with Gasteiger partial charge in [-0.05, 0) is 67.3 Å². The zero-order valence-corrected chi connectivity index (χ0v) is 22.0. The third-order valence-electron chi connectivity index (χ3n) is 7.13. The number of anilines is 2. The van der Waals surface area contributed by atoms with E-state index in [1.54, 1.807) is 25.1 Å². The van der Waals surface area contributed by atoms with Crippen molar-refractivity contribution in [1.82, 2.24) is 10.3 Å². The third-order valence-corrected chi connectivity index (χ3v) is 7.34. The molecule has 2 heterocycles. The summed E-state index contributed by atoms with van der Waals surface area (Å²) in [6.07, 6.45) is -1.41. The average molecular weight is 559 g/mol. The van der Waals surface area contributed by atoms with Crippen LogP contribution < -0.4 is 15.5 Å². The normalized spacial score (nSPS) is 16.3. The van der Waals surface area contributed by atoms with Crippen LogP contribution in [0.5, 0.6) is 0 Å². The van der Waals surface area contributed by atoms with E-state index in [-0.39, 0.29) is 11.9 Å². The number of pyridine rings is 1. The highest BCUT2D eigenvalue weighted by atomic mass is 35.5. The Kier molecular flexibility index (Phi) is 6.92. The largest absolute Gasteiger partial charge is 0.465 e. The van der Waals surface area contributed by atoms with E-state index in [4.69, 9.17) is 16.3 Å². The minimum absolute atomic E-state index is 0.0306. The summed E-state index contributed by atoms with van der Waals surface area (Å²) >= 11 is 6.19. The summed E-state index contributed by atoms with van der Waals surface area (Å²) in [6.45, 7) is 2.65. The number of halogens is 4. The molecule has 1 amide bonds. The van der Waals surface area contributed by atoms with Crippen molar-refractivity contribution >= 4 is 35.0 Å². The van der Waals surface area contributed by atoms with Crippen molar-refractivity contribution in [2.24, 2.45) is 0 Å². The molecule has 1 aliphatic heterocycles. The van der Waals surface area contributed by atoms with Gasteiger partial charge in [-0.15, -0.1) is 0 Å². The average Bonchev–Trinajstić information content (AvgIpc) is 3.66. The standard InChI is InChI=1S/C28H26ClF3N4O3/c1-16-11-19(28(30,31)32)7-8-23(16)34-21-14-36(15-21)24-22(12-20(29)13-33-24)25(37)35-27(9-10-27)18-5-3-17(4-6-18)26(38)39-2/h3-8,11-13,21,34H,9-10,14-15H2,1-2H3,(H,35,37). The highest BCUT2D eigenvalue weighted by molar-refractivity contribution is 6.31. The number of aryl methyl sites for hydroxylation is 1. The Morgan fingerprint density at radius 3 is 2.38 bits per heavy atom. The smallest absolute Gasteiger partial charge is 0.416 e. The number of carbonyl (C=O) groups is 2. The Bertz CT molecular complexity index is 1420. The van der Waals surface area contributed by atoms with Gasteiger partial charge < -0.3 is 20.3 Å². The van der Waals surface area contributed by atoms with Crippen LogP contribution in [0.2, 0.25) is 5.02 Å². The summed E-state index contributed by atoms with van der Waals surface area (Å²) in [7, 11) is 1.32. The topological polar surface area (TPSA) is 83.6 Å². The highest BCUT2D eigenvalue weighted by Crippen LogP contribution is 2.46. The fraction of sp³-hybridized carbons (Fsp3) is 0.321. The van der Waals surface area contributed by atoms with Gasteiger partial charge in [0.25, 0.3) is 5.91 Å². The van der Waals surface area contributed by atoms with Crippen LogP contribution in [0.4, 0.5) is 24.7 Å². The lowest BCUT2D eigenvalue weighted by molar-refractivity contribution is -0.137. The van der Waals surface area contributed by atoms with Crippen molar-refractivity contribution in [3.05, 3.63) is 87.6 Å². The van der Waals surface area contributed by atoms with Gasteiger partial charge in [0.15, 0.2) is 0 Å². The van der Waals surface area contributed by atoms with E-state index < -0.39 is 23.2 Å². The van der Waals surface area contributed by atoms with Crippen LogP contribution >= 0.6 is 11.6 Å². The first-order valence-electron chi connectivity index (χ1n) is 12.4. The van der Waals surface area contributed by atoms with E-state index in [1.165, 1.54) is 19.4 Å². The lowest BCUT2D eigenvalue weighted by atomic mass is 10.0. The first-order chi connectivity index (χ1) is 18.5. The lowest BCUT2D eigenvalue weighted by Crippen LogP contribution is -2.56. The summed E-state index contributed by atoms with van der Waals surface area (Å²) in [5.41, 5.74) is 1.56. The maximum atomic E-state index is 13.4. The Morgan fingerprint density at radius 2 is 1.79 bits per heavy atom. The van der Waals surface area contributed by atoms with Crippen LogP contribution in [-0.4, -0.2) is 43.1 Å². The summed E-state index contributed by atoms with van der Waals surface area (Å²) in [5, 5.41) is 6.72. The van der Waals surface area contributed by atoms with Gasteiger partial charge in [0.05, 0.1) is 40.4 Å². The number of alkyl halides is 3. The molecule has 7 nitrogen and oxygen atoms in total. The van der Waals surface area contributed by atoms with Crippen LogP contribution in [0, 0.1) is 6.92 Å². The number of rotatable bonds is 7. The van der Waals surface area contributed by atoms with Crippen molar-refractivity contribution in [2.45, 2.75) is 37.5 Å². The number of methoxy groups -OCH3 is 1. The summed E-state index contributed by atoms with van der Waals surface area (Å²) in [4.78, 5) is 31.5. The molecule has 2 aromatic carbocycles. The Balaban J connectivity index is 1.27. The molecule has 2 aliphatic rings. The van der Waals surface area contributed by atoms with Crippen molar-refractivity contribution in [1.29, 1.82) is 0 Å². The maximum absolute atomic E-state index is 13.4. The van der Waals surface area contributed by atoms with Crippen molar-refractivity contribution in [2.75, 3.05) is 30.4 Å². The molecule has 0 spiro atoms. The zero-order valence-electron chi connectivity index (χ0n) is 21.2. The number of aromatic nitrogens is 1. The number of benzene rings is 2. The molecular weight excluding hydrogens is 533 g/mol. The summed E-state index contributed by atoms with van der Waals surface area (Å²) < 4.78 is 43.7. The second-order valence-electron chi connectivity index (χ2n) is 9.90. The number of amides is 1. The van der Waals surface area contributed by atoms with Gasteiger partial charge in [0, 0.05) is 25.0 Å². The van der Waals surface area contributed by atoms with E-state index in [2.05, 4.69) is 15.6 Å². The van der Waals surface area contributed by atoms with Gasteiger partial charge in [-0.1, -0.05) is 23.7 Å². The van der Waals surface area contributed by atoms with Crippen LogP contribution in [0.25, 0.3) is 0 Å².